The molecule has 0 aromatic rings. The van der Waals surface area contributed by atoms with Crippen molar-refractivity contribution >= 4 is 23.9 Å². The average Bonchev–Trinajstić information content (AvgIpc) is 3.94. The van der Waals surface area contributed by atoms with Crippen LogP contribution >= 0.6 is 0 Å². The Labute approximate surface area is 366 Å². The number of hydrogen-bond acceptors (Lipinski definition) is 18. The van der Waals surface area contributed by atoms with Gasteiger partial charge in [-0.25, -0.2) is 0 Å². The van der Waals surface area contributed by atoms with E-state index in [2.05, 4.69) is 0 Å². The van der Waals surface area contributed by atoms with Crippen molar-refractivity contribution in [1.29, 1.82) is 0 Å². The fraction of sp³-hybridized carbons (Fsp3) is 0.864. The summed E-state index contributed by atoms with van der Waals surface area (Å²) >= 11 is 0. The average molecular weight is 888 g/mol. The first kappa shape index (κ1) is 51.9. The van der Waals surface area contributed by atoms with Gasteiger partial charge in [0.2, 0.25) is 0 Å². The predicted molar refractivity (Wildman–Crippen MR) is 220 cm³/mol. The predicted octanol–water partition coefficient (Wildman–Crippen LogP) is 2.73. The van der Waals surface area contributed by atoms with Gasteiger partial charge in [0.1, 0.15) is 48.3 Å². The quantitative estimate of drug-likeness (QED) is 0.0986. The zero-order valence-electron chi connectivity index (χ0n) is 38.3. The summed E-state index contributed by atoms with van der Waals surface area (Å²) in [7, 11) is 4.90. The van der Waals surface area contributed by atoms with Gasteiger partial charge in [0.05, 0.1) is 36.9 Å². The van der Waals surface area contributed by atoms with Gasteiger partial charge >= 0.3 is 23.9 Å². The Kier molecular flexibility index (Phi) is 19.6. The van der Waals surface area contributed by atoms with E-state index >= 15 is 0 Å². The minimum atomic E-state index is -1.50. The van der Waals surface area contributed by atoms with E-state index in [1.54, 1.807) is 73.5 Å². The number of ether oxygens (including phenoxy) is 10. The number of rotatable bonds is 14. The normalized spacial score (nSPS) is 41.3. The lowest BCUT2D eigenvalue weighted by molar-refractivity contribution is -0.344. The highest BCUT2D eigenvalue weighted by atomic mass is 16.7. The SMILES string of the molecule is CCC(=O)O[C@H]1/C=C/[C@@H]2O[C@H]2C[C@H](C)OC(=O)C[C@H](OC(=O)CC)[C@@H](OC)[C@H](O[C@@H]2O[C@@H](C)[C@H](O[C@@H]3C[C@](C)(O)[C@@H](OC(=O)CC)[C@H](C)O3)[C@H](N(C)C)[C@H]2O)[C@@H](CCO)C[C@@H]1C. The van der Waals surface area contributed by atoms with E-state index in [0.717, 1.165) is 0 Å². The van der Waals surface area contributed by atoms with Crippen LogP contribution in [0.4, 0.5) is 0 Å². The highest BCUT2D eigenvalue weighted by molar-refractivity contribution is 5.73. The first-order valence-corrected chi connectivity index (χ1v) is 22.2. The molecule has 4 aliphatic heterocycles. The van der Waals surface area contributed by atoms with E-state index in [1.165, 1.54) is 7.11 Å². The van der Waals surface area contributed by atoms with Crippen molar-refractivity contribution in [2.75, 3.05) is 27.8 Å². The molecule has 356 valence electrons. The second-order valence-electron chi connectivity index (χ2n) is 17.6. The smallest absolute Gasteiger partial charge is 0.309 e. The van der Waals surface area contributed by atoms with Crippen molar-refractivity contribution in [2.45, 2.75) is 204 Å². The fourth-order valence-corrected chi connectivity index (χ4v) is 8.83. The van der Waals surface area contributed by atoms with Gasteiger partial charge in [-0.05, 0) is 72.5 Å². The number of esters is 4. The lowest BCUT2D eigenvalue weighted by Gasteiger charge is -2.50. The summed E-state index contributed by atoms with van der Waals surface area (Å²) in [6.45, 7) is 13.3. The molecule has 3 fully saturated rings. The standard InChI is InChI=1S/C44H73NO17/c1-12-32(47)58-28-15-16-29-30(57-29)20-24(5)54-35(50)21-31(59-33(48)13-2)41(53-11)40(27(17-18-46)19-23(28)4)62-43-38(51)37(45(9)10)39(25(6)56-43)61-36-22-44(8,52)42(26(7)55-36)60-34(49)14-3/h15-16,23-31,36-43,46,51-52H,12-14,17-22H2,1-11H3/b16-15+/t23-,24-,25-,26-,27-,28-,29-,30-,31-,36+,37+,38+,39-,40+,41+,42-,43-,44-/m0/s1. The molecule has 3 N–H and O–H groups in total. The zero-order chi connectivity index (χ0) is 46.1. The van der Waals surface area contributed by atoms with Crippen molar-refractivity contribution < 1.29 is 81.9 Å². The second kappa shape index (κ2) is 23.4. The first-order valence-electron chi connectivity index (χ1n) is 22.2. The minimum Gasteiger partial charge on any atom is -0.462 e. The molecule has 18 heteroatoms. The third-order valence-corrected chi connectivity index (χ3v) is 12.2. The van der Waals surface area contributed by atoms with Crippen LogP contribution in [0.1, 0.15) is 107 Å². The number of cyclic esters (lactones) is 1. The number of fused-ring (bicyclic) bond motifs is 1. The molecule has 0 spiro atoms. The molecule has 18 nitrogen and oxygen atoms in total. The van der Waals surface area contributed by atoms with E-state index in [4.69, 9.17) is 47.4 Å². The van der Waals surface area contributed by atoms with E-state index in [1.807, 2.05) is 13.0 Å². The van der Waals surface area contributed by atoms with E-state index in [0.29, 0.717) is 6.42 Å². The summed E-state index contributed by atoms with van der Waals surface area (Å²) in [5.41, 5.74) is -1.50. The van der Waals surface area contributed by atoms with Crippen molar-refractivity contribution in [3.8, 4) is 0 Å². The van der Waals surface area contributed by atoms with Crippen LogP contribution in [0, 0.1) is 11.8 Å². The maximum absolute atomic E-state index is 13.5. The number of likely N-dealkylation sites (N-methyl/N-ethyl adjacent to an activating group) is 1. The van der Waals surface area contributed by atoms with Crippen LogP contribution in [-0.2, 0) is 66.5 Å². The molecule has 4 heterocycles. The van der Waals surface area contributed by atoms with Gasteiger partial charge < -0.3 is 67.6 Å². The van der Waals surface area contributed by atoms with Crippen LogP contribution in [0.2, 0.25) is 0 Å². The number of epoxide rings is 1. The maximum atomic E-state index is 13.5. The Morgan fingerprint density at radius 2 is 1.50 bits per heavy atom. The third-order valence-electron chi connectivity index (χ3n) is 12.2. The number of aliphatic hydroxyl groups is 3. The van der Waals surface area contributed by atoms with Crippen LogP contribution in [0.25, 0.3) is 0 Å². The Balaban J connectivity index is 1.71. The maximum Gasteiger partial charge on any atom is 0.309 e. The zero-order valence-corrected chi connectivity index (χ0v) is 38.3. The Morgan fingerprint density at radius 3 is 2.10 bits per heavy atom. The lowest BCUT2D eigenvalue weighted by atomic mass is 9.82. The number of hydrogen-bond donors (Lipinski definition) is 3. The summed E-state index contributed by atoms with van der Waals surface area (Å²) in [6.07, 6.45) is -7.97. The molecule has 3 saturated heterocycles. The molecule has 0 aromatic heterocycles. The molecule has 0 saturated carbocycles. The van der Waals surface area contributed by atoms with Crippen LogP contribution in [0.3, 0.4) is 0 Å². The van der Waals surface area contributed by atoms with Gasteiger partial charge in [-0.1, -0.05) is 33.8 Å². The van der Waals surface area contributed by atoms with E-state index in [-0.39, 0.29) is 63.3 Å². The van der Waals surface area contributed by atoms with Crippen molar-refractivity contribution in [2.24, 2.45) is 11.8 Å². The molecule has 18 atom stereocenters. The summed E-state index contributed by atoms with van der Waals surface area (Å²) < 4.78 is 60.9. The molecule has 0 aromatic carbocycles. The van der Waals surface area contributed by atoms with Gasteiger partial charge in [0, 0.05) is 45.8 Å². The molecule has 0 radical (unpaired) electrons. The van der Waals surface area contributed by atoms with Gasteiger partial charge in [-0.15, -0.1) is 0 Å². The van der Waals surface area contributed by atoms with Crippen LogP contribution in [0.15, 0.2) is 12.2 Å². The number of nitrogens with zero attached hydrogens (tertiary/aromatic N) is 1. The van der Waals surface area contributed by atoms with Crippen molar-refractivity contribution in [1.82, 2.24) is 4.90 Å². The summed E-state index contributed by atoms with van der Waals surface area (Å²) in [4.78, 5) is 53.2. The molecule has 4 rings (SSSR count). The van der Waals surface area contributed by atoms with Crippen molar-refractivity contribution in [3.05, 3.63) is 12.2 Å². The Morgan fingerprint density at radius 1 is 0.855 bits per heavy atom. The number of carbonyl (C=O) groups excluding carboxylic acids is 4. The number of aliphatic hydroxyl groups excluding tert-OH is 2. The molecular weight excluding hydrogens is 814 g/mol. The fourth-order valence-electron chi connectivity index (χ4n) is 8.83. The van der Waals surface area contributed by atoms with Crippen LogP contribution in [0.5, 0.6) is 0 Å². The third kappa shape index (κ3) is 13.9. The van der Waals surface area contributed by atoms with Crippen LogP contribution < -0.4 is 0 Å². The largest absolute Gasteiger partial charge is 0.462 e. The molecule has 0 amide bonds. The molecular formula is C44H73NO17. The van der Waals surface area contributed by atoms with E-state index in [9.17, 15) is 34.5 Å². The molecule has 4 aliphatic rings. The monoisotopic (exact) mass is 887 g/mol. The van der Waals surface area contributed by atoms with Crippen molar-refractivity contribution in [3.63, 3.8) is 0 Å². The summed E-state index contributed by atoms with van der Waals surface area (Å²) in [5.74, 6) is -3.12. The lowest BCUT2D eigenvalue weighted by Crippen LogP contribution is -2.66. The Hall–Kier alpha value is -2.78. The van der Waals surface area contributed by atoms with Gasteiger partial charge in [0.15, 0.2) is 18.7 Å². The first-order chi connectivity index (χ1) is 29.3. The minimum absolute atomic E-state index is 0.00440. The molecule has 62 heavy (non-hydrogen) atoms. The summed E-state index contributed by atoms with van der Waals surface area (Å²) in [5, 5.41) is 34.1. The summed E-state index contributed by atoms with van der Waals surface area (Å²) in [6, 6.07) is -0.785. The Bertz CT molecular complexity index is 1490. The van der Waals surface area contributed by atoms with E-state index < -0.39 is 121 Å². The highest BCUT2D eigenvalue weighted by Crippen LogP contribution is 2.38. The van der Waals surface area contributed by atoms with Gasteiger partial charge in [-0.3, -0.25) is 19.2 Å². The number of carbonyl (C=O) groups is 4. The van der Waals surface area contributed by atoms with Gasteiger partial charge in [-0.2, -0.15) is 0 Å². The van der Waals surface area contributed by atoms with Crippen LogP contribution in [-0.4, -0.2) is 169 Å². The number of methoxy groups -OCH3 is 1. The molecule has 0 bridgehead atoms. The highest BCUT2D eigenvalue weighted by Gasteiger charge is 2.53. The molecule has 0 unspecified atom stereocenters. The second-order valence-corrected chi connectivity index (χ2v) is 17.6. The van der Waals surface area contributed by atoms with Gasteiger partial charge in [0.25, 0.3) is 0 Å². The molecule has 0 aliphatic carbocycles. The topological polar surface area (TPSA) is 228 Å².